The predicted octanol–water partition coefficient (Wildman–Crippen LogP) is 2.50. The molecule has 2 aliphatic rings. The van der Waals surface area contributed by atoms with Crippen LogP contribution in [0.3, 0.4) is 0 Å². The number of rotatable bonds is 5. The fraction of sp³-hybridized carbons (Fsp3) is 0.647. The SMILES string of the molecule is c1ccc([C@@H]2CN(CCCN3CCOCC3)CCS2)cc1. The van der Waals surface area contributed by atoms with Crippen LogP contribution in [0.15, 0.2) is 30.3 Å². The summed E-state index contributed by atoms with van der Waals surface area (Å²) in [4.78, 5) is 5.19. The van der Waals surface area contributed by atoms with Crippen LogP contribution in [-0.4, -0.2) is 68.0 Å². The fourth-order valence-electron chi connectivity index (χ4n) is 3.12. The van der Waals surface area contributed by atoms with Gasteiger partial charge in [-0.05, 0) is 25.1 Å². The van der Waals surface area contributed by atoms with E-state index in [-0.39, 0.29) is 0 Å². The quantitative estimate of drug-likeness (QED) is 0.830. The molecule has 2 heterocycles. The van der Waals surface area contributed by atoms with Crippen LogP contribution in [-0.2, 0) is 4.74 Å². The third kappa shape index (κ3) is 4.71. The van der Waals surface area contributed by atoms with Gasteiger partial charge in [0.05, 0.1) is 13.2 Å². The Labute approximate surface area is 132 Å². The van der Waals surface area contributed by atoms with E-state index in [2.05, 4.69) is 51.9 Å². The molecule has 3 rings (SSSR count). The van der Waals surface area contributed by atoms with Crippen LogP contribution in [0.5, 0.6) is 0 Å². The van der Waals surface area contributed by atoms with Crippen molar-refractivity contribution < 1.29 is 4.74 Å². The van der Waals surface area contributed by atoms with Gasteiger partial charge in [0.2, 0.25) is 0 Å². The molecule has 3 nitrogen and oxygen atoms in total. The lowest BCUT2D eigenvalue weighted by molar-refractivity contribution is 0.0361. The maximum Gasteiger partial charge on any atom is 0.0594 e. The van der Waals surface area contributed by atoms with Gasteiger partial charge in [-0.1, -0.05) is 30.3 Å². The number of nitrogens with zero attached hydrogens (tertiary/aromatic N) is 2. The number of morpholine rings is 1. The van der Waals surface area contributed by atoms with Gasteiger partial charge in [0.1, 0.15) is 0 Å². The predicted molar refractivity (Wildman–Crippen MR) is 90.0 cm³/mol. The van der Waals surface area contributed by atoms with E-state index in [1.165, 1.54) is 43.9 Å². The molecule has 0 bridgehead atoms. The van der Waals surface area contributed by atoms with Gasteiger partial charge in [-0.2, -0.15) is 11.8 Å². The first-order valence-corrected chi connectivity index (χ1v) is 9.16. The van der Waals surface area contributed by atoms with E-state index in [0.29, 0.717) is 5.25 Å². The molecule has 0 saturated carbocycles. The zero-order valence-corrected chi connectivity index (χ0v) is 13.6. The molecule has 0 N–H and O–H groups in total. The zero-order chi connectivity index (χ0) is 14.3. The average Bonchev–Trinajstić information content (AvgIpc) is 2.57. The number of hydrogen-bond donors (Lipinski definition) is 0. The monoisotopic (exact) mass is 306 g/mol. The number of ether oxygens (including phenoxy) is 1. The summed E-state index contributed by atoms with van der Waals surface area (Å²) in [6.45, 7) is 8.97. The van der Waals surface area contributed by atoms with Gasteiger partial charge in [-0.25, -0.2) is 0 Å². The third-order valence-corrected chi connectivity index (χ3v) is 5.62. The van der Waals surface area contributed by atoms with Crippen LogP contribution in [0.2, 0.25) is 0 Å². The molecule has 0 aromatic heterocycles. The molecular weight excluding hydrogens is 280 g/mol. The van der Waals surface area contributed by atoms with E-state index in [0.717, 1.165) is 26.3 Å². The molecule has 4 heteroatoms. The van der Waals surface area contributed by atoms with Gasteiger partial charge in [0.15, 0.2) is 0 Å². The Kier molecular flexibility index (Phi) is 5.98. The smallest absolute Gasteiger partial charge is 0.0594 e. The first kappa shape index (κ1) is 15.3. The van der Waals surface area contributed by atoms with Crippen LogP contribution in [0.4, 0.5) is 0 Å². The van der Waals surface area contributed by atoms with Crippen molar-refractivity contribution >= 4 is 11.8 Å². The van der Waals surface area contributed by atoms with Crippen molar-refractivity contribution in [3.05, 3.63) is 35.9 Å². The lowest BCUT2D eigenvalue weighted by atomic mass is 10.1. The van der Waals surface area contributed by atoms with Crippen LogP contribution in [0.25, 0.3) is 0 Å². The van der Waals surface area contributed by atoms with E-state index < -0.39 is 0 Å². The van der Waals surface area contributed by atoms with Crippen molar-refractivity contribution in [2.24, 2.45) is 0 Å². The standard InChI is InChI=1S/C17H26N2OS/c1-2-5-16(6-3-1)17-15-19(11-14-21-17)8-4-7-18-9-12-20-13-10-18/h1-3,5-6,17H,4,7-15H2/t17-/m0/s1. The highest BCUT2D eigenvalue weighted by molar-refractivity contribution is 7.99. The molecule has 0 unspecified atom stereocenters. The number of benzene rings is 1. The molecule has 2 saturated heterocycles. The van der Waals surface area contributed by atoms with Crippen LogP contribution >= 0.6 is 11.8 Å². The molecule has 1 aromatic rings. The largest absolute Gasteiger partial charge is 0.379 e. The van der Waals surface area contributed by atoms with Gasteiger partial charge in [-0.3, -0.25) is 4.90 Å². The molecule has 0 spiro atoms. The molecule has 0 aliphatic carbocycles. The summed E-state index contributed by atoms with van der Waals surface area (Å²) in [6, 6.07) is 11.0. The van der Waals surface area contributed by atoms with Gasteiger partial charge >= 0.3 is 0 Å². The van der Waals surface area contributed by atoms with Crippen LogP contribution < -0.4 is 0 Å². The highest BCUT2D eigenvalue weighted by atomic mass is 32.2. The molecule has 0 amide bonds. The van der Waals surface area contributed by atoms with Gasteiger partial charge in [0, 0.05) is 37.2 Å². The van der Waals surface area contributed by atoms with Crippen molar-refractivity contribution in [1.82, 2.24) is 9.80 Å². The lowest BCUT2D eigenvalue weighted by Crippen LogP contribution is -2.39. The summed E-state index contributed by atoms with van der Waals surface area (Å²) in [7, 11) is 0. The van der Waals surface area contributed by atoms with Gasteiger partial charge < -0.3 is 9.64 Å². The Hall–Kier alpha value is -0.550. The second kappa shape index (κ2) is 8.18. The van der Waals surface area contributed by atoms with E-state index in [9.17, 15) is 0 Å². The lowest BCUT2D eigenvalue weighted by Gasteiger charge is -2.33. The molecular formula is C17H26N2OS. The molecule has 1 aromatic carbocycles. The summed E-state index contributed by atoms with van der Waals surface area (Å²) < 4.78 is 5.40. The Balaban J connectivity index is 1.41. The molecule has 0 radical (unpaired) electrons. The molecule has 21 heavy (non-hydrogen) atoms. The fourth-order valence-corrected chi connectivity index (χ4v) is 4.43. The second-order valence-corrected chi connectivity index (χ2v) is 7.19. The second-order valence-electron chi connectivity index (χ2n) is 5.88. The first-order chi connectivity index (χ1) is 10.4. The van der Waals surface area contributed by atoms with E-state index in [1.807, 2.05) is 0 Å². The summed E-state index contributed by atoms with van der Waals surface area (Å²) in [5.74, 6) is 1.26. The normalized spacial score (nSPS) is 25.0. The third-order valence-electron chi connectivity index (χ3n) is 4.37. The summed E-state index contributed by atoms with van der Waals surface area (Å²) in [5, 5.41) is 0.656. The van der Waals surface area contributed by atoms with Crippen LogP contribution in [0.1, 0.15) is 17.2 Å². The van der Waals surface area contributed by atoms with E-state index in [1.54, 1.807) is 0 Å². The highest BCUT2D eigenvalue weighted by Gasteiger charge is 2.21. The molecule has 2 fully saturated rings. The van der Waals surface area contributed by atoms with Crippen LogP contribution in [0, 0.1) is 0 Å². The minimum Gasteiger partial charge on any atom is -0.379 e. The Morgan fingerprint density at radius 1 is 1.00 bits per heavy atom. The molecule has 116 valence electrons. The summed E-state index contributed by atoms with van der Waals surface area (Å²) in [5.41, 5.74) is 1.49. The Morgan fingerprint density at radius 2 is 1.76 bits per heavy atom. The maximum atomic E-state index is 5.40. The minimum atomic E-state index is 0.656. The van der Waals surface area contributed by atoms with Crippen molar-refractivity contribution in [3.63, 3.8) is 0 Å². The highest BCUT2D eigenvalue weighted by Crippen LogP contribution is 2.32. The topological polar surface area (TPSA) is 15.7 Å². The number of hydrogen-bond acceptors (Lipinski definition) is 4. The van der Waals surface area contributed by atoms with E-state index in [4.69, 9.17) is 4.74 Å². The van der Waals surface area contributed by atoms with Crippen molar-refractivity contribution in [2.75, 3.05) is 58.2 Å². The summed E-state index contributed by atoms with van der Waals surface area (Å²) >= 11 is 2.11. The average molecular weight is 306 g/mol. The summed E-state index contributed by atoms with van der Waals surface area (Å²) in [6.07, 6.45) is 1.28. The maximum absolute atomic E-state index is 5.40. The zero-order valence-electron chi connectivity index (χ0n) is 12.7. The van der Waals surface area contributed by atoms with Gasteiger partial charge in [0.25, 0.3) is 0 Å². The molecule has 2 aliphatic heterocycles. The minimum absolute atomic E-state index is 0.656. The van der Waals surface area contributed by atoms with E-state index >= 15 is 0 Å². The number of thioether (sulfide) groups is 1. The Bertz CT molecular complexity index is 409. The first-order valence-electron chi connectivity index (χ1n) is 8.11. The molecule has 1 atom stereocenters. The van der Waals surface area contributed by atoms with Crippen molar-refractivity contribution in [2.45, 2.75) is 11.7 Å². The van der Waals surface area contributed by atoms with Gasteiger partial charge in [-0.15, -0.1) is 0 Å². The van der Waals surface area contributed by atoms with Crippen molar-refractivity contribution in [1.29, 1.82) is 0 Å². The Morgan fingerprint density at radius 3 is 2.57 bits per heavy atom. The van der Waals surface area contributed by atoms with Crippen molar-refractivity contribution in [3.8, 4) is 0 Å².